The summed E-state index contributed by atoms with van der Waals surface area (Å²) in [6.45, 7) is 0. The molecule has 0 saturated carbocycles. The number of anilines is 1. The molecule has 0 aliphatic carbocycles. The van der Waals surface area contributed by atoms with Crippen molar-refractivity contribution in [2.24, 2.45) is 0 Å². The summed E-state index contributed by atoms with van der Waals surface area (Å²) in [5.41, 5.74) is -0.483. The van der Waals surface area contributed by atoms with Crippen molar-refractivity contribution >= 4 is 55.0 Å². The second-order valence-electron chi connectivity index (χ2n) is 7.38. The summed E-state index contributed by atoms with van der Waals surface area (Å²) in [7, 11) is -4.12. The van der Waals surface area contributed by atoms with Crippen molar-refractivity contribution in [3.8, 4) is 0 Å². The van der Waals surface area contributed by atoms with Gasteiger partial charge in [-0.1, -0.05) is 17.4 Å². The van der Waals surface area contributed by atoms with Gasteiger partial charge in [-0.25, -0.2) is 13.4 Å². The van der Waals surface area contributed by atoms with Gasteiger partial charge in [0.1, 0.15) is 10.3 Å². The zero-order valence-corrected chi connectivity index (χ0v) is 20.2. The number of benzene rings is 1. The molecule has 36 heavy (non-hydrogen) atoms. The molecule has 1 N–H and O–H groups in total. The first-order chi connectivity index (χ1) is 17.2. The number of aliphatic hydroxyl groups excluding tert-OH is 1. The molecule has 1 aromatic carbocycles. The predicted octanol–water partition coefficient (Wildman–Crippen LogP) is 4.32. The van der Waals surface area contributed by atoms with Gasteiger partial charge < -0.3 is 9.52 Å². The number of hydrogen-bond acceptors (Lipinski definition) is 11. The number of nitrogens with zero attached hydrogens (tertiary/aromatic N) is 3. The van der Waals surface area contributed by atoms with Crippen LogP contribution in [0, 0.1) is 10.1 Å². The molecule has 1 amide bonds. The van der Waals surface area contributed by atoms with Gasteiger partial charge in [-0.15, -0.1) is 11.3 Å². The predicted molar refractivity (Wildman–Crippen MR) is 128 cm³/mol. The first-order valence-corrected chi connectivity index (χ1v) is 13.2. The maximum atomic E-state index is 13.1. The van der Waals surface area contributed by atoms with E-state index in [9.17, 15) is 33.2 Å². The van der Waals surface area contributed by atoms with E-state index in [0.717, 1.165) is 35.4 Å². The molecule has 11 nitrogen and oxygen atoms in total. The minimum Gasteiger partial charge on any atom is -0.503 e. The average Bonchev–Trinajstić information content (AvgIpc) is 3.66. The Bertz CT molecular complexity index is 1620. The van der Waals surface area contributed by atoms with Crippen LogP contribution in [0.5, 0.6) is 0 Å². The third kappa shape index (κ3) is 3.80. The maximum absolute atomic E-state index is 13.1. The first-order valence-electron chi connectivity index (χ1n) is 10.0. The highest BCUT2D eigenvalue weighted by atomic mass is 32.2. The van der Waals surface area contributed by atoms with Crippen LogP contribution >= 0.6 is 22.7 Å². The molecule has 4 heterocycles. The van der Waals surface area contributed by atoms with Crippen molar-refractivity contribution in [3.05, 3.63) is 98.5 Å². The van der Waals surface area contributed by atoms with Crippen LogP contribution in [0.3, 0.4) is 0 Å². The minimum absolute atomic E-state index is 0.0623. The fourth-order valence-electron chi connectivity index (χ4n) is 3.64. The lowest BCUT2D eigenvalue weighted by Crippen LogP contribution is -2.30. The number of hydrogen-bond donors (Lipinski definition) is 1. The Morgan fingerprint density at radius 2 is 1.92 bits per heavy atom. The Hall–Kier alpha value is -4.14. The number of furan rings is 1. The number of aliphatic hydroxyl groups is 1. The van der Waals surface area contributed by atoms with Crippen molar-refractivity contribution in [3.63, 3.8) is 0 Å². The molecule has 0 spiro atoms. The first kappa shape index (κ1) is 23.6. The summed E-state index contributed by atoms with van der Waals surface area (Å²) in [4.78, 5) is 42.0. The topological polar surface area (TPSA) is 161 Å². The van der Waals surface area contributed by atoms with E-state index in [4.69, 9.17) is 4.42 Å². The number of carbonyl (C=O) groups excluding carboxylic acids is 2. The molecular formula is C22H13N3O8S3. The van der Waals surface area contributed by atoms with Crippen LogP contribution in [-0.2, 0) is 14.6 Å². The molecule has 5 rings (SSSR count). The van der Waals surface area contributed by atoms with E-state index in [-0.39, 0.29) is 31.3 Å². The lowest BCUT2D eigenvalue weighted by Gasteiger charge is -2.22. The highest BCUT2D eigenvalue weighted by Crippen LogP contribution is 2.45. The third-order valence-electron chi connectivity index (χ3n) is 5.31. The lowest BCUT2D eigenvalue weighted by atomic mass is 10.0. The Kier molecular flexibility index (Phi) is 5.78. The average molecular weight is 544 g/mol. The summed E-state index contributed by atoms with van der Waals surface area (Å²) in [6, 6.07) is 9.57. The number of ketones is 1. The number of sulfone groups is 1. The van der Waals surface area contributed by atoms with Crippen LogP contribution in [0.2, 0.25) is 0 Å². The van der Waals surface area contributed by atoms with Gasteiger partial charge in [-0.3, -0.25) is 24.6 Å². The molecule has 14 heteroatoms. The summed E-state index contributed by atoms with van der Waals surface area (Å²) in [6.07, 6.45) is 2.34. The molecule has 3 aromatic heterocycles. The second kappa shape index (κ2) is 8.82. The highest BCUT2D eigenvalue weighted by Gasteiger charge is 2.47. The Balaban J connectivity index is 1.55. The smallest absolute Gasteiger partial charge is 0.296 e. The molecule has 0 saturated heterocycles. The molecule has 0 radical (unpaired) electrons. The van der Waals surface area contributed by atoms with Crippen molar-refractivity contribution in [1.82, 2.24) is 4.98 Å². The number of carbonyl (C=O) groups is 2. The molecular weight excluding hydrogens is 530 g/mol. The van der Waals surface area contributed by atoms with E-state index in [1.807, 2.05) is 0 Å². The second-order valence-corrected chi connectivity index (χ2v) is 11.5. The molecule has 0 fully saturated rings. The van der Waals surface area contributed by atoms with E-state index >= 15 is 0 Å². The quantitative estimate of drug-likeness (QED) is 0.203. The third-order valence-corrected chi connectivity index (χ3v) is 9.46. The minimum atomic E-state index is -4.12. The Labute approximate surface area is 210 Å². The molecule has 1 unspecified atom stereocenters. The zero-order chi connectivity index (χ0) is 25.6. The van der Waals surface area contributed by atoms with Gasteiger partial charge in [0, 0.05) is 17.0 Å². The number of nitro groups is 1. The van der Waals surface area contributed by atoms with Gasteiger partial charge in [0.25, 0.3) is 11.6 Å². The summed E-state index contributed by atoms with van der Waals surface area (Å²) >= 11 is 1.90. The van der Waals surface area contributed by atoms with Crippen molar-refractivity contribution < 1.29 is 32.5 Å². The van der Waals surface area contributed by atoms with Gasteiger partial charge in [-0.05, 0) is 35.7 Å². The molecule has 1 aliphatic rings. The van der Waals surface area contributed by atoms with Crippen molar-refractivity contribution in [2.75, 3.05) is 4.90 Å². The number of Topliss-reactive ketones (excluding diaryl/α,β-unsaturated/α-hetero) is 1. The van der Waals surface area contributed by atoms with Gasteiger partial charge >= 0.3 is 0 Å². The maximum Gasteiger partial charge on any atom is 0.296 e. The fraction of sp³-hybridized carbons (Fsp3) is 0.0455. The van der Waals surface area contributed by atoms with E-state index < -0.39 is 38.3 Å². The fourth-order valence-corrected chi connectivity index (χ4v) is 7.01. The molecule has 182 valence electrons. The standard InChI is InChI=1S/C22H13N3O8S3/c26-19(14-3-1-9-33-14)17-18(15-4-2-10-34-15)24(21(28)20(17)27)22-23-11-16(35-22)36(31,32)13-7-5-12(6-8-13)25(29)30/h1-11,18,27H. The van der Waals surface area contributed by atoms with Crippen LogP contribution in [0.25, 0.3) is 0 Å². The molecule has 1 aliphatic heterocycles. The van der Waals surface area contributed by atoms with Gasteiger partial charge in [0.15, 0.2) is 16.7 Å². The molecule has 4 aromatic rings. The number of thiophene rings is 1. The van der Waals surface area contributed by atoms with E-state index in [0.29, 0.717) is 16.2 Å². The monoisotopic (exact) mass is 543 g/mol. The van der Waals surface area contributed by atoms with E-state index in [2.05, 4.69) is 4.98 Å². The van der Waals surface area contributed by atoms with Gasteiger partial charge in [0.05, 0.1) is 27.9 Å². The van der Waals surface area contributed by atoms with Crippen molar-refractivity contribution in [1.29, 1.82) is 0 Å². The lowest BCUT2D eigenvalue weighted by molar-refractivity contribution is -0.384. The number of rotatable bonds is 7. The summed E-state index contributed by atoms with van der Waals surface area (Å²) in [5.74, 6) is -2.47. The largest absolute Gasteiger partial charge is 0.503 e. The van der Waals surface area contributed by atoms with Crippen LogP contribution < -0.4 is 4.90 Å². The van der Waals surface area contributed by atoms with Crippen LogP contribution in [0.4, 0.5) is 10.8 Å². The van der Waals surface area contributed by atoms with Crippen LogP contribution in [0.15, 0.2) is 91.2 Å². The number of amides is 1. The van der Waals surface area contributed by atoms with Crippen LogP contribution in [-0.4, -0.2) is 35.1 Å². The molecule has 0 bridgehead atoms. The van der Waals surface area contributed by atoms with Crippen molar-refractivity contribution in [2.45, 2.75) is 15.1 Å². The Morgan fingerprint density at radius 1 is 1.17 bits per heavy atom. The van der Waals surface area contributed by atoms with E-state index in [1.54, 1.807) is 17.5 Å². The number of aromatic nitrogens is 1. The number of non-ortho nitro benzene ring substituents is 1. The van der Waals surface area contributed by atoms with Gasteiger partial charge in [-0.2, -0.15) is 0 Å². The normalized spacial score (nSPS) is 16.1. The van der Waals surface area contributed by atoms with Gasteiger partial charge in [0.2, 0.25) is 15.6 Å². The summed E-state index contributed by atoms with van der Waals surface area (Å²) < 4.78 is 31.1. The number of thiazole rings is 1. The van der Waals surface area contributed by atoms with E-state index in [1.165, 1.54) is 29.7 Å². The summed E-state index contributed by atoms with van der Waals surface area (Å²) in [5, 5.41) is 23.2. The molecule has 1 atom stereocenters. The zero-order valence-electron chi connectivity index (χ0n) is 17.8. The van der Waals surface area contributed by atoms with Crippen LogP contribution in [0.1, 0.15) is 21.5 Å². The number of nitro benzene ring substituents is 1. The highest BCUT2D eigenvalue weighted by molar-refractivity contribution is 7.93. The Morgan fingerprint density at radius 3 is 2.53 bits per heavy atom. The SMILES string of the molecule is O=C(C1=C(O)C(=O)N(c2ncc(S(=O)(=O)c3ccc([N+](=O)[O-])cc3)s2)C1c1cccs1)c1ccco1.